The number of hydrogen-bond acceptors (Lipinski definition) is 6. The third-order valence-corrected chi connectivity index (χ3v) is 12.4. The van der Waals surface area contributed by atoms with Crippen molar-refractivity contribution in [1.29, 1.82) is 0 Å². The molecule has 0 bridgehead atoms. The van der Waals surface area contributed by atoms with Crippen molar-refractivity contribution in [3.8, 4) is 56.8 Å². The molecule has 0 atom stereocenters. The van der Waals surface area contributed by atoms with E-state index in [2.05, 4.69) is 109 Å². The van der Waals surface area contributed by atoms with Crippen molar-refractivity contribution in [3.63, 3.8) is 0 Å². The molecular formula is C54H82N4O2Si3. The lowest BCUT2D eigenvalue weighted by atomic mass is 10.1. The third kappa shape index (κ3) is 28.2. The minimum atomic E-state index is -1.38. The SMILES string of the molecule is C=CCc1cnc(-c2ccc(OCCCCCCCCCC)cc2)nc1.CCCCCCCCCCOc1ccc(-c2ncc(C#C[Si](C)(C)C)cn2)cc1.C[SiH](C)C#C[SiH](C)C. The maximum absolute atomic E-state index is 5.87. The van der Waals surface area contributed by atoms with Crippen molar-refractivity contribution in [2.24, 2.45) is 0 Å². The molecule has 9 heteroatoms. The summed E-state index contributed by atoms with van der Waals surface area (Å²) < 4.78 is 11.7. The van der Waals surface area contributed by atoms with Crippen LogP contribution >= 0.6 is 0 Å². The zero-order valence-corrected chi connectivity index (χ0v) is 44.2. The topological polar surface area (TPSA) is 70.0 Å². The molecule has 0 aliphatic carbocycles. The minimum Gasteiger partial charge on any atom is -0.494 e. The Morgan fingerprint density at radius 2 is 0.905 bits per heavy atom. The Balaban J connectivity index is 0.000000371. The van der Waals surface area contributed by atoms with E-state index in [9.17, 15) is 0 Å². The lowest BCUT2D eigenvalue weighted by molar-refractivity contribution is 0.304. The molecule has 0 N–H and O–H groups in total. The van der Waals surface area contributed by atoms with Gasteiger partial charge in [-0.25, -0.2) is 19.9 Å². The van der Waals surface area contributed by atoms with Gasteiger partial charge in [0.15, 0.2) is 11.6 Å². The van der Waals surface area contributed by atoms with Crippen LogP contribution in [0.1, 0.15) is 128 Å². The maximum Gasteiger partial charge on any atom is 0.159 e. The second kappa shape index (κ2) is 34.2. The molecule has 2 heterocycles. The average molecular weight is 904 g/mol. The zero-order chi connectivity index (χ0) is 46.0. The van der Waals surface area contributed by atoms with Crippen LogP contribution in [0, 0.1) is 22.6 Å². The van der Waals surface area contributed by atoms with E-state index in [4.69, 9.17) is 9.47 Å². The standard InChI is InChI=1S/C25H36N2OSi.C23H32N2O.C6H14Si2/c1-5-6-7-8-9-10-11-12-18-28-24-15-13-23(14-16-24)25-26-20-22(21-27-25)17-19-29(2,3)4;1-3-5-6-7-8-9-10-11-17-26-22-15-13-21(14-16-22)23-24-18-20(12-4-2)19-25-23;1-7(2)5-6-8(3)4/h13-16,20-21H,5-12,18H2,1-4H3;4,13-16,18-19H,2-3,5-12,17H2,1H3;7-8H,1-4H3. The average Bonchev–Trinajstić information content (AvgIpc) is 3.28. The van der Waals surface area contributed by atoms with Crippen molar-refractivity contribution in [2.75, 3.05) is 13.2 Å². The molecule has 0 amide bonds. The highest BCUT2D eigenvalue weighted by molar-refractivity contribution is 6.83. The molecule has 0 unspecified atom stereocenters. The first-order valence-electron chi connectivity index (χ1n) is 24.2. The van der Waals surface area contributed by atoms with E-state index in [1.54, 1.807) is 0 Å². The largest absolute Gasteiger partial charge is 0.494 e. The highest BCUT2D eigenvalue weighted by Gasteiger charge is 2.08. The van der Waals surface area contributed by atoms with Crippen LogP contribution in [0.3, 0.4) is 0 Å². The van der Waals surface area contributed by atoms with Crippen LogP contribution < -0.4 is 9.47 Å². The summed E-state index contributed by atoms with van der Waals surface area (Å²) in [6, 6.07) is 16.1. The van der Waals surface area contributed by atoms with Gasteiger partial charge in [0.25, 0.3) is 0 Å². The molecule has 342 valence electrons. The number of benzene rings is 2. The lowest BCUT2D eigenvalue weighted by Crippen LogP contribution is -2.16. The van der Waals surface area contributed by atoms with Crippen LogP contribution in [0.5, 0.6) is 11.5 Å². The molecule has 0 saturated carbocycles. The normalized spacial score (nSPS) is 10.7. The van der Waals surface area contributed by atoms with Crippen LogP contribution in [0.4, 0.5) is 0 Å². The van der Waals surface area contributed by atoms with Gasteiger partial charge in [0.2, 0.25) is 0 Å². The number of aromatic nitrogens is 4. The number of rotatable bonds is 24. The Morgan fingerprint density at radius 1 is 0.540 bits per heavy atom. The summed E-state index contributed by atoms with van der Waals surface area (Å²) in [4.78, 5) is 17.8. The van der Waals surface area contributed by atoms with Crippen molar-refractivity contribution in [2.45, 2.75) is 169 Å². The van der Waals surface area contributed by atoms with E-state index in [1.165, 1.54) is 89.9 Å². The van der Waals surface area contributed by atoms with Gasteiger partial charge in [-0.15, -0.1) is 23.2 Å². The van der Waals surface area contributed by atoms with Crippen LogP contribution in [0.25, 0.3) is 22.8 Å². The molecule has 4 aromatic rings. The molecule has 0 aliphatic heterocycles. The first-order chi connectivity index (χ1) is 30.4. The van der Waals surface area contributed by atoms with Crippen molar-refractivity contribution < 1.29 is 9.47 Å². The Bertz CT molecular complexity index is 1870. The molecule has 2 aromatic heterocycles. The predicted octanol–water partition coefficient (Wildman–Crippen LogP) is 14.3. The molecule has 0 aliphatic rings. The van der Waals surface area contributed by atoms with Gasteiger partial charge in [-0.2, -0.15) is 0 Å². The summed E-state index contributed by atoms with van der Waals surface area (Å²) in [5.74, 6) is 6.48. The van der Waals surface area contributed by atoms with Gasteiger partial charge in [0.1, 0.15) is 37.2 Å². The maximum atomic E-state index is 5.87. The quantitative estimate of drug-likeness (QED) is 0.0302. The third-order valence-electron chi connectivity index (χ3n) is 9.74. The van der Waals surface area contributed by atoms with Crippen LogP contribution in [-0.4, -0.2) is 58.8 Å². The van der Waals surface area contributed by atoms with Gasteiger partial charge in [-0.05, 0) is 73.4 Å². The van der Waals surface area contributed by atoms with Crippen molar-refractivity contribution >= 4 is 25.7 Å². The second-order valence-electron chi connectivity index (χ2n) is 18.0. The van der Waals surface area contributed by atoms with Gasteiger partial charge in [0.05, 0.1) is 18.8 Å². The fourth-order valence-corrected chi connectivity index (χ4v) is 9.35. The zero-order valence-electron chi connectivity index (χ0n) is 40.9. The van der Waals surface area contributed by atoms with E-state index in [1.807, 2.05) is 79.4 Å². The van der Waals surface area contributed by atoms with Crippen LogP contribution in [-0.2, 0) is 6.42 Å². The fraction of sp³-hybridized carbons (Fsp3) is 0.519. The summed E-state index contributed by atoms with van der Waals surface area (Å²) in [6.45, 7) is 25.6. The molecule has 2 aromatic carbocycles. The molecule has 6 nitrogen and oxygen atoms in total. The van der Waals surface area contributed by atoms with E-state index < -0.39 is 25.7 Å². The minimum absolute atomic E-state index is 0.553. The van der Waals surface area contributed by atoms with Crippen LogP contribution in [0.2, 0.25) is 45.8 Å². The molecule has 0 spiro atoms. The van der Waals surface area contributed by atoms with Gasteiger partial charge in [-0.3, -0.25) is 0 Å². The molecule has 4 rings (SSSR count). The molecule has 0 fully saturated rings. The molecule has 63 heavy (non-hydrogen) atoms. The van der Waals surface area contributed by atoms with Gasteiger partial charge in [-0.1, -0.05) is 162 Å². The highest BCUT2D eigenvalue weighted by atomic mass is 28.3. The van der Waals surface area contributed by atoms with E-state index in [-0.39, 0.29) is 0 Å². The first kappa shape index (κ1) is 54.8. The van der Waals surface area contributed by atoms with E-state index in [0.717, 1.165) is 77.9 Å². The lowest BCUT2D eigenvalue weighted by Gasteiger charge is -2.07. The van der Waals surface area contributed by atoms with Gasteiger partial charge < -0.3 is 9.47 Å². The van der Waals surface area contributed by atoms with Gasteiger partial charge >= 0.3 is 0 Å². The summed E-state index contributed by atoms with van der Waals surface area (Å²) in [7, 11) is -2.49. The number of unbranched alkanes of at least 4 members (excludes halogenated alkanes) is 14. The Hall–Kier alpha value is -4.29. The van der Waals surface area contributed by atoms with Crippen LogP contribution in [0.15, 0.2) is 86.0 Å². The fourth-order valence-electron chi connectivity index (χ4n) is 6.16. The van der Waals surface area contributed by atoms with Gasteiger partial charge in [0, 0.05) is 35.9 Å². The smallest absolute Gasteiger partial charge is 0.159 e. The van der Waals surface area contributed by atoms with E-state index in [0.29, 0.717) is 0 Å². The summed E-state index contributed by atoms with van der Waals surface area (Å²) >= 11 is 0. The Kier molecular flexibility index (Phi) is 29.7. The second-order valence-corrected chi connectivity index (χ2v) is 27.9. The Morgan fingerprint density at radius 3 is 1.25 bits per heavy atom. The summed E-state index contributed by atoms with van der Waals surface area (Å²) in [5, 5.41) is 0. The molecular weight excluding hydrogens is 821 g/mol. The number of ether oxygens (including phenoxy) is 2. The molecule has 0 saturated heterocycles. The molecule has 0 radical (unpaired) electrons. The van der Waals surface area contributed by atoms with Crippen molar-refractivity contribution in [1.82, 2.24) is 19.9 Å². The number of allylic oxidation sites excluding steroid dienone is 1. The number of hydrogen-bond donors (Lipinski definition) is 0. The Labute approximate surface area is 389 Å². The summed E-state index contributed by atoms with van der Waals surface area (Å²) in [5.41, 5.74) is 13.9. The monoisotopic (exact) mass is 903 g/mol. The van der Waals surface area contributed by atoms with Crippen molar-refractivity contribution in [3.05, 3.63) is 97.1 Å². The first-order valence-corrected chi connectivity index (χ1v) is 33.5. The van der Waals surface area contributed by atoms with E-state index >= 15 is 0 Å². The highest BCUT2D eigenvalue weighted by Crippen LogP contribution is 2.21. The number of nitrogens with zero attached hydrogens (tertiary/aromatic N) is 4. The summed E-state index contributed by atoms with van der Waals surface area (Å²) in [6.07, 6.45) is 31.0. The predicted molar refractivity (Wildman–Crippen MR) is 281 cm³/mol.